The van der Waals surface area contributed by atoms with Crippen LogP contribution in [0.25, 0.3) is 0 Å². The standard InChI is InChI=1S/C22H37F2N/c1-6-9-10-18(8-3)13-15-25(17-22(4,5)14-7-2)21-12-11-19(23)16-20(21)24/h11-12,16,18H,6-10,13-15,17H2,1-5H3. The highest BCUT2D eigenvalue weighted by Gasteiger charge is 2.23. The van der Waals surface area contributed by atoms with E-state index >= 15 is 0 Å². The fourth-order valence-corrected chi connectivity index (χ4v) is 3.68. The lowest BCUT2D eigenvalue weighted by molar-refractivity contribution is 0.324. The molecule has 0 saturated heterocycles. The smallest absolute Gasteiger partial charge is 0.149 e. The summed E-state index contributed by atoms with van der Waals surface area (Å²) in [4.78, 5) is 2.14. The first kappa shape index (κ1) is 21.9. The van der Waals surface area contributed by atoms with Crippen molar-refractivity contribution in [2.75, 3.05) is 18.0 Å². The first-order valence-corrected chi connectivity index (χ1v) is 10.0. The number of benzene rings is 1. The van der Waals surface area contributed by atoms with Crippen LogP contribution in [0.3, 0.4) is 0 Å². The van der Waals surface area contributed by atoms with Gasteiger partial charge in [-0.1, -0.05) is 66.7 Å². The lowest BCUT2D eigenvalue weighted by Gasteiger charge is -2.35. The number of hydrogen-bond donors (Lipinski definition) is 0. The summed E-state index contributed by atoms with van der Waals surface area (Å²) in [6, 6.07) is 3.97. The molecular weight excluding hydrogens is 316 g/mol. The molecule has 0 aromatic heterocycles. The molecule has 1 nitrogen and oxygen atoms in total. The molecule has 0 bridgehead atoms. The van der Waals surface area contributed by atoms with Gasteiger partial charge in [0.1, 0.15) is 11.6 Å². The van der Waals surface area contributed by atoms with E-state index in [2.05, 4.69) is 39.5 Å². The Morgan fingerprint density at radius 3 is 2.32 bits per heavy atom. The molecule has 1 unspecified atom stereocenters. The molecule has 0 aliphatic carbocycles. The minimum absolute atomic E-state index is 0.112. The van der Waals surface area contributed by atoms with Crippen LogP contribution in [0, 0.1) is 23.0 Å². The van der Waals surface area contributed by atoms with Gasteiger partial charge < -0.3 is 4.90 Å². The predicted molar refractivity (Wildman–Crippen MR) is 105 cm³/mol. The minimum Gasteiger partial charge on any atom is -0.369 e. The Morgan fingerprint density at radius 2 is 1.76 bits per heavy atom. The van der Waals surface area contributed by atoms with Gasteiger partial charge in [-0.15, -0.1) is 0 Å². The number of anilines is 1. The molecule has 0 fully saturated rings. The summed E-state index contributed by atoms with van der Waals surface area (Å²) in [5.74, 6) is -0.280. The molecule has 0 aliphatic rings. The van der Waals surface area contributed by atoms with Crippen LogP contribution in [0.1, 0.15) is 79.6 Å². The van der Waals surface area contributed by atoms with E-state index in [1.54, 1.807) is 6.07 Å². The van der Waals surface area contributed by atoms with Crippen LogP contribution < -0.4 is 4.90 Å². The third-order valence-electron chi connectivity index (χ3n) is 5.15. The van der Waals surface area contributed by atoms with Crippen molar-refractivity contribution in [3.8, 4) is 0 Å². The molecule has 25 heavy (non-hydrogen) atoms. The molecule has 0 spiro atoms. The quantitative estimate of drug-likeness (QED) is 0.384. The molecule has 1 aromatic rings. The van der Waals surface area contributed by atoms with Gasteiger partial charge in [-0.05, 0) is 36.3 Å². The number of rotatable bonds is 12. The first-order chi connectivity index (χ1) is 11.8. The van der Waals surface area contributed by atoms with Gasteiger partial charge in [0, 0.05) is 19.2 Å². The molecule has 3 heteroatoms. The van der Waals surface area contributed by atoms with Crippen molar-refractivity contribution in [1.82, 2.24) is 0 Å². The molecule has 0 radical (unpaired) electrons. The Bertz CT molecular complexity index is 499. The van der Waals surface area contributed by atoms with Crippen LogP contribution in [0.15, 0.2) is 18.2 Å². The second kappa shape index (κ2) is 10.8. The highest BCUT2D eigenvalue weighted by Crippen LogP contribution is 2.29. The van der Waals surface area contributed by atoms with E-state index < -0.39 is 11.6 Å². The maximum Gasteiger partial charge on any atom is 0.149 e. The van der Waals surface area contributed by atoms with Crippen molar-refractivity contribution in [3.63, 3.8) is 0 Å². The van der Waals surface area contributed by atoms with E-state index in [4.69, 9.17) is 0 Å². The lowest BCUT2D eigenvalue weighted by Crippen LogP contribution is -2.36. The predicted octanol–water partition coefficient (Wildman–Crippen LogP) is 7.20. The summed E-state index contributed by atoms with van der Waals surface area (Å²) in [5, 5.41) is 0. The van der Waals surface area contributed by atoms with Crippen LogP contribution >= 0.6 is 0 Å². The fraction of sp³-hybridized carbons (Fsp3) is 0.727. The lowest BCUT2D eigenvalue weighted by atomic mass is 9.87. The van der Waals surface area contributed by atoms with Crippen LogP contribution in [0.5, 0.6) is 0 Å². The highest BCUT2D eigenvalue weighted by molar-refractivity contribution is 5.48. The largest absolute Gasteiger partial charge is 0.369 e. The molecule has 0 saturated carbocycles. The Kier molecular flexibility index (Phi) is 9.45. The minimum atomic E-state index is -0.511. The van der Waals surface area contributed by atoms with E-state index in [9.17, 15) is 8.78 Å². The Balaban J connectivity index is 2.90. The maximum atomic E-state index is 14.4. The number of nitrogens with zero attached hydrogens (tertiary/aromatic N) is 1. The van der Waals surface area contributed by atoms with E-state index in [0.717, 1.165) is 44.8 Å². The summed E-state index contributed by atoms with van der Waals surface area (Å²) in [6.07, 6.45) is 8.15. The molecule has 0 heterocycles. The van der Waals surface area contributed by atoms with E-state index in [1.807, 2.05) is 0 Å². The SMILES string of the molecule is CCCCC(CC)CCN(CC(C)(C)CCC)c1ccc(F)cc1F. The topological polar surface area (TPSA) is 3.24 Å². The van der Waals surface area contributed by atoms with Gasteiger partial charge in [0.15, 0.2) is 0 Å². The second-order valence-corrected chi connectivity index (χ2v) is 8.14. The van der Waals surface area contributed by atoms with Crippen molar-refractivity contribution in [2.45, 2.75) is 79.6 Å². The van der Waals surface area contributed by atoms with Crippen molar-refractivity contribution in [1.29, 1.82) is 0 Å². The van der Waals surface area contributed by atoms with Gasteiger partial charge in [0.2, 0.25) is 0 Å². The van der Waals surface area contributed by atoms with Crippen LogP contribution in [0.4, 0.5) is 14.5 Å². The number of unbranched alkanes of at least 4 members (excludes halogenated alkanes) is 1. The molecule has 1 rings (SSSR count). The second-order valence-electron chi connectivity index (χ2n) is 8.14. The zero-order chi connectivity index (χ0) is 18.9. The zero-order valence-corrected chi connectivity index (χ0v) is 16.9. The van der Waals surface area contributed by atoms with Crippen molar-refractivity contribution in [2.24, 2.45) is 11.3 Å². The van der Waals surface area contributed by atoms with Gasteiger partial charge in [-0.25, -0.2) is 8.78 Å². The van der Waals surface area contributed by atoms with E-state index in [-0.39, 0.29) is 5.41 Å². The van der Waals surface area contributed by atoms with Crippen LogP contribution in [-0.4, -0.2) is 13.1 Å². The molecule has 1 aromatic carbocycles. The third kappa shape index (κ3) is 7.75. The molecule has 0 N–H and O–H groups in total. The Hall–Kier alpha value is -1.12. The summed E-state index contributed by atoms with van der Waals surface area (Å²) in [7, 11) is 0. The molecule has 0 amide bonds. The average Bonchev–Trinajstić information content (AvgIpc) is 2.54. The Labute approximate surface area is 153 Å². The zero-order valence-electron chi connectivity index (χ0n) is 16.9. The fourth-order valence-electron chi connectivity index (χ4n) is 3.68. The number of hydrogen-bond acceptors (Lipinski definition) is 1. The average molecular weight is 354 g/mol. The third-order valence-corrected chi connectivity index (χ3v) is 5.15. The van der Waals surface area contributed by atoms with Gasteiger partial charge in [0.05, 0.1) is 5.69 Å². The van der Waals surface area contributed by atoms with Crippen LogP contribution in [0.2, 0.25) is 0 Å². The van der Waals surface area contributed by atoms with Gasteiger partial charge in [0.25, 0.3) is 0 Å². The van der Waals surface area contributed by atoms with Crippen molar-refractivity contribution in [3.05, 3.63) is 29.8 Å². The highest BCUT2D eigenvalue weighted by atomic mass is 19.1. The molecule has 144 valence electrons. The summed E-state index contributed by atoms with van der Waals surface area (Å²) >= 11 is 0. The molecular formula is C22H37F2N. The van der Waals surface area contributed by atoms with Crippen molar-refractivity contribution >= 4 is 5.69 Å². The van der Waals surface area contributed by atoms with Gasteiger partial charge >= 0.3 is 0 Å². The van der Waals surface area contributed by atoms with Gasteiger partial charge in [-0.3, -0.25) is 0 Å². The monoisotopic (exact) mass is 353 g/mol. The van der Waals surface area contributed by atoms with Gasteiger partial charge in [-0.2, -0.15) is 0 Å². The normalized spacial score (nSPS) is 13.1. The molecule has 1 atom stereocenters. The number of halogens is 2. The maximum absolute atomic E-state index is 14.4. The summed E-state index contributed by atoms with van der Waals surface area (Å²) < 4.78 is 27.7. The summed E-state index contributed by atoms with van der Waals surface area (Å²) in [5.41, 5.74) is 0.650. The van der Waals surface area contributed by atoms with Crippen molar-refractivity contribution < 1.29 is 8.78 Å². The Morgan fingerprint density at radius 1 is 1.04 bits per heavy atom. The van der Waals surface area contributed by atoms with Crippen LogP contribution in [-0.2, 0) is 0 Å². The molecule has 0 aliphatic heterocycles. The van der Waals surface area contributed by atoms with E-state index in [0.29, 0.717) is 11.6 Å². The summed E-state index contributed by atoms with van der Waals surface area (Å²) in [6.45, 7) is 12.7. The van der Waals surface area contributed by atoms with E-state index in [1.165, 1.54) is 25.3 Å². The first-order valence-electron chi connectivity index (χ1n) is 10.0.